The zero-order valence-corrected chi connectivity index (χ0v) is 17.5. The number of piperazine rings is 1. The second-order valence-corrected chi connectivity index (χ2v) is 8.54. The van der Waals surface area contributed by atoms with Crippen LogP contribution >= 0.6 is 11.6 Å². The highest BCUT2D eigenvalue weighted by molar-refractivity contribution is 6.30. The topological polar surface area (TPSA) is 40.6 Å². The summed E-state index contributed by atoms with van der Waals surface area (Å²) in [6, 6.07) is 16.6. The van der Waals surface area contributed by atoms with Crippen LogP contribution in [0.1, 0.15) is 62.2 Å². The molecule has 1 aliphatic heterocycles. The number of rotatable bonds is 4. The van der Waals surface area contributed by atoms with Gasteiger partial charge in [-0.25, -0.2) is 0 Å². The fourth-order valence-electron chi connectivity index (χ4n) is 4.71. The highest BCUT2D eigenvalue weighted by atomic mass is 35.5. The Hall–Kier alpha value is -2.33. The van der Waals surface area contributed by atoms with E-state index in [9.17, 15) is 9.59 Å². The Balaban J connectivity index is 1.72. The van der Waals surface area contributed by atoms with Crippen LogP contribution in [0.3, 0.4) is 0 Å². The third kappa shape index (κ3) is 4.04. The number of carbonyl (C=O) groups excluding carboxylic acids is 2. The van der Waals surface area contributed by atoms with Gasteiger partial charge in [-0.3, -0.25) is 9.59 Å². The van der Waals surface area contributed by atoms with Crippen LogP contribution in [0.2, 0.25) is 5.02 Å². The molecule has 4 rings (SSSR count). The van der Waals surface area contributed by atoms with Crippen LogP contribution in [0.5, 0.6) is 0 Å². The molecule has 0 radical (unpaired) electrons. The largest absolute Gasteiger partial charge is 0.328 e. The minimum atomic E-state index is -0.620. The van der Waals surface area contributed by atoms with Crippen molar-refractivity contribution in [2.75, 3.05) is 6.54 Å². The molecule has 0 bridgehead atoms. The summed E-state index contributed by atoms with van der Waals surface area (Å²) in [7, 11) is 0. The zero-order chi connectivity index (χ0) is 20.4. The van der Waals surface area contributed by atoms with Gasteiger partial charge in [0.15, 0.2) is 0 Å². The van der Waals surface area contributed by atoms with Gasteiger partial charge in [-0.2, -0.15) is 0 Å². The lowest BCUT2D eigenvalue weighted by Gasteiger charge is -2.46. The van der Waals surface area contributed by atoms with Crippen LogP contribution in [-0.4, -0.2) is 34.2 Å². The minimum Gasteiger partial charge on any atom is -0.328 e. The van der Waals surface area contributed by atoms with Gasteiger partial charge in [0.1, 0.15) is 12.6 Å². The van der Waals surface area contributed by atoms with Crippen molar-refractivity contribution in [1.82, 2.24) is 9.80 Å². The number of benzene rings is 2. The van der Waals surface area contributed by atoms with Crippen LogP contribution in [0.15, 0.2) is 54.6 Å². The van der Waals surface area contributed by atoms with Crippen molar-refractivity contribution in [3.8, 4) is 0 Å². The first kappa shape index (κ1) is 20.0. The summed E-state index contributed by atoms with van der Waals surface area (Å²) in [4.78, 5) is 30.7. The molecule has 1 saturated carbocycles. The Labute approximate surface area is 177 Å². The van der Waals surface area contributed by atoms with E-state index in [-0.39, 0.29) is 30.4 Å². The van der Waals surface area contributed by atoms with Crippen LogP contribution in [0.4, 0.5) is 0 Å². The van der Waals surface area contributed by atoms with Gasteiger partial charge >= 0.3 is 0 Å². The molecule has 0 aromatic heterocycles. The van der Waals surface area contributed by atoms with Crippen LogP contribution in [-0.2, 0) is 9.59 Å². The third-order valence-electron chi connectivity index (χ3n) is 6.29. The van der Waals surface area contributed by atoms with E-state index in [1.54, 1.807) is 17.0 Å². The minimum absolute atomic E-state index is 0.00600. The molecule has 2 aromatic rings. The van der Waals surface area contributed by atoms with Gasteiger partial charge in [-0.1, -0.05) is 73.3 Å². The highest BCUT2D eigenvalue weighted by Gasteiger charge is 2.44. The Morgan fingerprint density at radius 3 is 2.24 bits per heavy atom. The van der Waals surface area contributed by atoms with Gasteiger partial charge in [-0.15, -0.1) is 0 Å². The molecule has 1 saturated heterocycles. The third-order valence-corrected chi connectivity index (χ3v) is 6.54. The van der Waals surface area contributed by atoms with Crippen LogP contribution in [0, 0.1) is 0 Å². The normalized spacial score (nSPS) is 22.1. The lowest BCUT2D eigenvalue weighted by molar-refractivity contribution is -0.161. The standard InChI is InChI=1S/C24H27ClN2O2/c1-17(18-8-4-2-5-9-18)27-22(28)16-26(21-10-6-3-7-11-21)24(29)23(27)19-12-14-20(25)15-13-19/h2,4-5,8-9,12-15,17,21,23H,3,6-7,10-11,16H2,1H3. The number of hydrogen-bond acceptors (Lipinski definition) is 2. The number of nitrogens with zero attached hydrogens (tertiary/aromatic N) is 2. The second-order valence-electron chi connectivity index (χ2n) is 8.10. The molecule has 4 nitrogen and oxygen atoms in total. The summed E-state index contributed by atoms with van der Waals surface area (Å²) in [6.45, 7) is 2.17. The Kier molecular flexibility index (Phi) is 5.91. The fraction of sp³-hybridized carbons (Fsp3) is 0.417. The molecule has 0 N–H and O–H groups in total. The van der Waals surface area contributed by atoms with E-state index < -0.39 is 6.04 Å². The summed E-state index contributed by atoms with van der Waals surface area (Å²) in [6.07, 6.45) is 5.43. The van der Waals surface area contributed by atoms with Crippen molar-refractivity contribution in [1.29, 1.82) is 0 Å². The van der Waals surface area contributed by atoms with Gasteiger partial charge in [0.05, 0.1) is 6.04 Å². The quantitative estimate of drug-likeness (QED) is 0.699. The Bertz CT molecular complexity index is 862. The van der Waals surface area contributed by atoms with Crippen LogP contribution in [0.25, 0.3) is 0 Å². The molecule has 2 unspecified atom stereocenters. The van der Waals surface area contributed by atoms with Gasteiger partial charge in [-0.05, 0) is 43.0 Å². The number of hydrogen-bond donors (Lipinski definition) is 0. The first-order valence-corrected chi connectivity index (χ1v) is 10.9. The van der Waals surface area contributed by atoms with E-state index in [1.165, 1.54) is 6.42 Å². The van der Waals surface area contributed by atoms with E-state index >= 15 is 0 Å². The average molecular weight is 411 g/mol. The average Bonchev–Trinajstić information content (AvgIpc) is 2.76. The predicted molar refractivity (Wildman–Crippen MR) is 114 cm³/mol. The number of carbonyl (C=O) groups is 2. The number of amides is 2. The Morgan fingerprint density at radius 1 is 0.931 bits per heavy atom. The van der Waals surface area contributed by atoms with Gasteiger partial charge in [0, 0.05) is 11.1 Å². The SMILES string of the molecule is CC(c1ccccc1)N1C(=O)CN(C2CCCCC2)C(=O)C1c1ccc(Cl)cc1. The predicted octanol–water partition coefficient (Wildman–Crippen LogP) is 5.15. The van der Waals surface area contributed by atoms with Crippen molar-refractivity contribution in [2.45, 2.75) is 57.2 Å². The maximum absolute atomic E-state index is 13.7. The summed E-state index contributed by atoms with van der Waals surface area (Å²) < 4.78 is 0. The number of halogens is 1. The summed E-state index contributed by atoms with van der Waals surface area (Å²) in [5, 5.41) is 0.620. The summed E-state index contributed by atoms with van der Waals surface area (Å²) >= 11 is 6.08. The van der Waals surface area contributed by atoms with E-state index in [4.69, 9.17) is 11.6 Å². The van der Waals surface area contributed by atoms with E-state index in [0.29, 0.717) is 5.02 Å². The molecule has 2 amide bonds. The Morgan fingerprint density at radius 2 is 1.59 bits per heavy atom. The molecule has 2 fully saturated rings. The molecular formula is C24H27ClN2O2. The first-order chi connectivity index (χ1) is 14.1. The van der Waals surface area contributed by atoms with Gasteiger partial charge < -0.3 is 9.80 Å². The molecule has 1 aliphatic carbocycles. The molecule has 2 atom stereocenters. The van der Waals surface area contributed by atoms with Crippen molar-refractivity contribution >= 4 is 23.4 Å². The van der Waals surface area contributed by atoms with Crippen molar-refractivity contribution < 1.29 is 9.59 Å². The van der Waals surface area contributed by atoms with Gasteiger partial charge in [0.25, 0.3) is 5.91 Å². The lowest BCUT2D eigenvalue weighted by atomic mass is 9.90. The van der Waals surface area contributed by atoms with E-state index in [1.807, 2.05) is 54.3 Å². The summed E-state index contributed by atoms with van der Waals surface area (Å²) in [5.74, 6) is 0.0353. The van der Waals surface area contributed by atoms with Crippen LogP contribution < -0.4 is 0 Å². The molecule has 5 heteroatoms. The molecule has 2 aliphatic rings. The first-order valence-electron chi connectivity index (χ1n) is 10.5. The van der Waals surface area contributed by atoms with Crippen molar-refractivity contribution in [2.24, 2.45) is 0 Å². The lowest BCUT2D eigenvalue weighted by Crippen LogP contribution is -2.58. The van der Waals surface area contributed by atoms with E-state index in [2.05, 4.69) is 0 Å². The second kappa shape index (κ2) is 8.58. The van der Waals surface area contributed by atoms with Gasteiger partial charge in [0.2, 0.25) is 5.91 Å². The molecule has 2 aromatic carbocycles. The molecule has 0 spiro atoms. The monoisotopic (exact) mass is 410 g/mol. The zero-order valence-electron chi connectivity index (χ0n) is 16.8. The summed E-state index contributed by atoms with van der Waals surface area (Å²) in [5.41, 5.74) is 1.84. The van der Waals surface area contributed by atoms with Crippen molar-refractivity contribution in [3.63, 3.8) is 0 Å². The maximum atomic E-state index is 13.7. The maximum Gasteiger partial charge on any atom is 0.250 e. The van der Waals surface area contributed by atoms with E-state index in [0.717, 1.165) is 36.8 Å². The smallest absolute Gasteiger partial charge is 0.250 e. The molecule has 152 valence electrons. The molecule has 29 heavy (non-hydrogen) atoms. The molecule has 1 heterocycles. The fourth-order valence-corrected chi connectivity index (χ4v) is 4.83. The highest BCUT2D eigenvalue weighted by Crippen LogP contribution is 2.37. The molecular weight excluding hydrogens is 384 g/mol. The van der Waals surface area contributed by atoms with Crippen molar-refractivity contribution in [3.05, 3.63) is 70.7 Å².